The highest BCUT2D eigenvalue weighted by atomic mass is 32.2. The highest BCUT2D eigenvalue weighted by molar-refractivity contribution is 7.99. The van der Waals surface area contributed by atoms with E-state index in [1.807, 2.05) is 18.2 Å². The number of fused-ring (bicyclic) bond motifs is 1. The van der Waals surface area contributed by atoms with Gasteiger partial charge >= 0.3 is 0 Å². The molecular weight excluding hydrogens is 232 g/mol. The monoisotopic (exact) mass is 248 g/mol. The Labute approximate surface area is 105 Å². The normalized spacial score (nSPS) is 10.9. The highest BCUT2D eigenvalue weighted by Gasteiger charge is 2.04. The number of hydrogen-bond donors (Lipinski definition) is 1. The van der Waals surface area contributed by atoms with Gasteiger partial charge in [0.2, 0.25) is 0 Å². The van der Waals surface area contributed by atoms with E-state index in [-0.39, 0.29) is 0 Å². The van der Waals surface area contributed by atoms with Crippen LogP contribution in [0.4, 0.5) is 0 Å². The number of rotatable bonds is 5. The third kappa shape index (κ3) is 2.97. The van der Waals surface area contributed by atoms with E-state index in [1.54, 1.807) is 18.9 Å². The molecule has 0 saturated heterocycles. The van der Waals surface area contributed by atoms with Gasteiger partial charge in [0.15, 0.2) is 0 Å². The van der Waals surface area contributed by atoms with Crippen LogP contribution < -0.4 is 5.73 Å². The molecular formula is C13H16N2OS. The lowest BCUT2D eigenvalue weighted by atomic mass is 10.1. The number of nitrogens with zero attached hydrogens (tertiary/aromatic N) is 1. The van der Waals surface area contributed by atoms with E-state index in [0.717, 1.165) is 33.9 Å². The fourth-order valence-corrected chi connectivity index (χ4v) is 2.54. The first kappa shape index (κ1) is 12.4. The largest absolute Gasteiger partial charge is 0.384 e. The number of pyridine rings is 1. The van der Waals surface area contributed by atoms with Gasteiger partial charge in [-0.2, -0.15) is 0 Å². The molecule has 0 aliphatic rings. The molecule has 2 rings (SSSR count). The Bertz CT molecular complexity index is 502. The van der Waals surface area contributed by atoms with Crippen LogP contribution in [0.15, 0.2) is 35.4 Å². The molecule has 2 N–H and O–H groups in total. The summed E-state index contributed by atoms with van der Waals surface area (Å²) in [6.45, 7) is 1.28. The van der Waals surface area contributed by atoms with Crippen molar-refractivity contribution in [1.82, 2.24) is 4.98 Å². The average Bonchev–Trinajstić information content (AvgIpc) is 2.38. The summed E-state index contributed by atoms with van der Waals surface area (Å²) in [6, 6.07) is 10.2. The number of methoxy groups -OCH3 is 1. The van der Waals surface area contributed by atoms with Gasteiger partial charge < -0.3 is 10.5 Å². The summed E-state index contributed by atoms with van der Waals surface area (Å²) in [6.07, 6.45) is 0. The number of benzene rings is 1. The second kappa shape index (κ2) is 6.00. The van der Waals surface area contributed by atoms with Crippen LogP contribution in [0.25, 0.3) is 10.9 Å². The fraction of sp³-hybridized carbons (Fsp3) is 0.308. The molecule has 0 spiro atoms. The fourth-order valence-electron chi connectivity index (χ4n) is 1.69. The van der Waals surface area contributed by atoms with Crippen molar-refractivity contribution >= 4 is 22.7 Å². The molecule has 0 saturated carbocycles. The van der Waals surface area contributed by atoms with Crippen molar-refractivity contribution in [3.8, 4) is 0 Å². The first-order chi connectivity index (χ1) is 8.35. The maximum Gasteiger partial charge on any atom is 0.0971 e. The van der Waals surface area contributed by atoms with Crippen molar-refractivity contribution in [1.29, 1.82) is 0 Å². The van der Waals surface area contributed by atoms with E-state index in [1.165, 1.54) is 0 Å². The zero-order valence-corrected chi connectivity index (χ0v) is 10.7. The topological polar surface area (TPSA) is 48.1 Å². The van der Waals surface area contributed by atoms with Crippen LogP contribution in [0.2, 0.25) is 0 Å². The molecule has 0 aliphatic heterocycles. The smallest absolute Gasteiger partial charge is 0.0971 e. The Balaban J connectivity index is 2.32. The predicted octanol–water partition coefficient (Wildman–Crippen LogP) is 2.43. The summed E-state index contributed by atoms with van der Waals surface area (Å²) in [7, 11) is 1.71. The molecule has 0 aliphatic carbocycles. The second-order valence-corrected chi connectivity index (χ2v) is 4.80. The van der Waals surface area contributed by atoms with Gasteiger partial charge in [0.25, 0.3) is 0 Å². The van der Waals surface area contributed by atoms with Crippen molar-refractivity contribution in [3.05, 3.63) is 35.9 Å². The van der Waals surface area contributed by atoms with Crippen LogP contribution in [0.1, 0.15) is 5.56 Å². The number of nitrogens with two attached hydrogens (primary N) is 1. The van der Waals surface area contributed by atoms with Gasteiger partial charge in [-0.25, -0.2) is 4.98 Å². The van der Waals surface area contributed by atoms with Crippen LogP contribution in [0.5, 0.6) is 0 Å². The first-order valence-electron chi connectivity index (χ1n) is 5.55. The van der Waals surface area contributed by atoms with E-state index in [2.05, 4.69) is 17.1 Å². The SMILES string of the molecule is COCCSc1cc(CN)c2ccccc2n1. The van der Waals surface area contributed by atoms with Gasteiger partial charge in [-0.3, -0.25) is 0 Å². The molecule has 1 heterocycles. The maximum absolute atomic E-state index is 5.78. The lowest BCUT2D eigenvalue weighted by Gasteiger charge is -2.07. The average molecular weight is 248 g/mol. The number of para-hydroxylation sites is 1. The number of ether oxygens (including phenoxy) is 1. The summed E-state index contributed by atoms with van der Waals surface area (Å²) >= 11 is 1.70. The van der Waals surface area contributed by atoms with Crippen molar-refractivity contribution in [2.45, 2.75) is 11.6 Å². The van der Waals surface area contributed by atoms with Crippen LogP contribution in [0, 0.1) is 0 Å². The number of hydrogen-bond acceptors (Lipinski definition) is 4. The van der Waals surface area contributed by atoms with Gasteiger partial charge in [-0.15, -0.1) is 11.8 Å². The molecule has 1 aromatic heterocycles. The quantitative estimate of drug-likeness (QED) is 0.652. The predicted molar refractivity (Wildman–Crippen MR) is 72.2 cm³/mol. The van der Waals surface area contributed by atoms with Crippen LogP contribution in [0.3, 0.4) is 0 Å². The summed E-state index contributed by atoms with van der Waals surface area (Å²) < 4.78 is 5.03. The molecule has 2 aromatic rings. The standard InChI is InChI=1S/C13H16N2OS/c1-16-6-7-17-13-8-10(9-14)11-4-2-3-5-12(11)15-13/h2-5,8H,6-7,9,14H2,1H3. The molecule has 3 nitrogen and oxygen atoms in total. The highest BCUT2D eigenvalue weighted by Crippen LogP contribution is 2.23. The van der Waals surface area contributed by atoms with E-state index in [0.29, 0.717) is 6.54 Å². The first-order valence-corrected chi connectivity index (χ1v) is 6.54. The van der Waals surface area contributed by atoms with Crippen LogP contribution >= 0.6 is 11.8 Å². The second-order valence-electron chi connectivity index (χ2n) is 3.68. The minimum atomic E-state index is 0.543. The number of aromatic nitrogens is 1. The zero-order valence-electron chi connectivity index (χ0n) is 9.85. The van der Waals surface area contributed by atoms with Gasteiger partial charge in [-0.1, -0.05) is 18.2 Å². The molecule has 0 amide bonds. The Kier molecular flexibility index (Phi) is 4.36. The molecule has 0 fully saturated rings. The van der Waals surface area contributed by atoms with E-state index in [4.69, 9.17) is 10.5 Å². The molecule has 0 radical (unpaired) electrons. The third-order valence-corrected chi connectivity index (χ3v) is 3.41. The minimum absolute atomic E-state index is 0.543. The number of thioether (sulfide) groups is 1. The van der Waals surface area contributed by atoms with Gasteiger partial charge in [-0.05, 0) is 17.7 Å². The van der Waals surface area contributed by atoms with E-state index >= 15 is 0 Å². The van der Waals surface area contributed by atoms with Crippen molar-refractivity contribution in [2.24, 2.45) is 5.73 Å². The summed E-state index contributed by atoms with van der Waals surface area (Å²) in [5.41, 5.74) is 7.94. The van der Waals surface area contributed by atoms with E-state index in [9.17, 15) is 0 Å². The summed E-state index contributed by atoms with van der Waals surface area (Å²) in [4.78, 5) is 4.61. The Hall–Kier alpha value is -1.10. The van der Waals surface area contributed by atoms with Crippen molar-refractivity contribution in [2.75, 3.05) is 19.5 Å². The lowest BCUT2D eigenvalue weighted by Crippen LogP contribution is -2.00. The van der Waals surface area contributed by atoms with Crippen molar-refractivity contribution in [3.63, 3.8) is 0 Å². The van der Waals surface area contributed by atoms with E-state index < -0.39 is 0 Å². The maximum atomic E-state index is 5.78. The Morgan fingerprint density at radius 3 is 2.94 bits per heavy atom. The molecule has 0 atom stereocenters. The molecule has 17 heavy (non-hydrogen) atoms. The summed E-state index contributed by atoms with van der Waals surface area (Å²) in [5, 5.41) is 2.16. The Morgan fingerprint density at radius 1 is 1.35 bits per heavy atom. The van der Waals surface area contributed by atoms with Crippen LogP contribution in [-0.2, 0) is 11.3 Å². The zero-order chi connectivity index (χ0) is 12.1. The molecule has 90 valence electrons. The molecule has 1 aromatic carbocycles. The van der Waals surface area contributed by atoms with Gasteiger partial charge in [0, 0.05) is 24.8 Å². The summed E-state index contributed by atoms with van der Waals surface area (Å²) in [5.74, 6) is 0.909. The van der Waals surface area contributed by atoms with Crippen molar-refractivity contribution < 1.29 is 4.74 Å². The molecule has 0 unspecified atom stereocenters. The van der Waals surface area contributed by atoms with Gasteiger partial charge in [0.1, 0.15) is 0 Å². The van der Waals surface area contributed by atoms with Crippen LogP contribution in [-0.4, -0.2) is 24.5 Å². The third-order valence-electron chi connectivity index (χ3n) is 2.54. The minimum Gasteiger partial charge on any atom is -0.384 e. The lowest BCUT2D eigenvalue weighted by molar-refractivity contribution is 0.218. The molecule has 0 bridgehead atoms. The Morgan fingerprint density at radius 2 is 2.18 bits per heavy atom. The van der Waals surface area contributed by atoms with Gasteiger partial charge in [0.05, 0.1) is 17.1 Å². The molecule has 4 heteroatoms.